The van der Waals surface area contributed by atoms with Crippen molar-refractivity contribution < 1.29 is 0 Å². The number of hydrogen-bond acceptors (Lipinski definition) is 3. The summed E-state index contributed by atoms with van der Waals surface area (Å²) in [4.78, 5) is 4.69. The van der Waals surface area contributed by atoms with Gasteiger partial charge < -0.3 is 0 Å². The maximum absolute atomic E-state index is 8.79. The molecule has 1 unspecified atom stereocenters. The topological polar surface area (TPSA) is 30.3 Å². The molecule has 1 heterocycles. The van der Waals surface area contributed by atoms with Crippen LogP contribution in [0, 0.1) is 18.3 Å². The molecule has 3 nitrogen and oxygen atoms in total. The molecular weight excluding hydrogens is 234 g/mol. The van der Waals surface area contributed by atoms with Gasteiger partial charge in [0.1, 0.15) is 0 Å². The summed E-state index contributed by atoms with van der Waals surface area (Å²) in [7, 11) is 2.06. The van der Waals surface area contributed by atoms with E-state index in [1.807, 2.05) is 0 Å². The highest BCUT2D eigenvalue weighted by atomic mass is 15.2. The molecule has 0 saturated carbocycles. The van der Waals surface area contributed by atoms with Gasteiger partial charge in [-0.3, -0.25) is 9.80 Å². The van der Waals surface area contributed by atoms with E-state index < -0.39 is 0 Å². The highest BCUT2D eigenvalue weighted by Gasteiger charge is 2.22. The van der Waals surface area contributed by atoms with Gasteiger partial charge in [0.2, 0.25) is 0 Å². The third-order valence-corrected chi connectivity index (χ3v) is 3.95. The molecule has 0 radical (unpaired) electrons. The van der Waals surface area contributed by atoms with E-state index in [9.17, 15) is 0 Å². The molecule has 1 aliphatic rings. The van der Waals surface area contributed by atoms with Crippen molar-refractivity contribution in [1.82, 2.24) is 9.80 Å². The number of nitriles is 1. The van der Waals surface area contributed by atoms with Gasteiger partial charge in [-0.05, 0) is 38.9 Å². The molecule has 0 N–H and O–H groups in total. The standard InChI is InChI=1S/C16H23N3/c1-14-5-7-15(8-6-14)12-19-10-3-4-16(13-19)18(2)11-9-17/h5-8,16H,3-4,10-13H2,1-2H3. The van der Waals surface area contributed by atoms with Crippen LogP contribution in [0.4, 0.5) is 0 Å². The molecule has 0 bridgehead atoms. The number of hydrogen-bond donors (Lipinski definition) is 0. The Kier molecular flexibility index (Phi) is 4.95. The average Bonchev–Trinajstić information content (AvgIpc) is 2.42. The molecule has 1 fully saturated rings. The number of likely N-dealkylation sites (N-methyl/N-ethyl adjacent to an activating group) is 1. The SMILES string of the molecule is Cc1ccc(CN2CCCC(N(C)CC#N)C2)cc1. The minimum atomic E-state index is 0.527. The van der Waals surface area contributed by atoms with Crippen molar-refractivity contribution in [3.63, 3.8) is 0 Å². The van der Waals surface area contributed by atoms with E-state index in [2.05, 4.69) is 54.1 Å². The zero-order valence-electron chi connectivity index (χ0n) is 12.0. The molecule has 1 aliphatic heterocycles. The summed E-state index contributed by atoms with van der Waals surface area (Å²) in [6, 6.07) is 11.6. The van der Waals surface area contributed by atoms with Gasteiger partial charge in [-0.2, -0.15) is 5.26 Å². The summed E-state index contributed by atoms with van der Waals surface area (Å²) in [5, 5.41) is 8.79. The van der Waals surface area contributed by atoms with Gasteiger partial charge in [0.15, 0.2) is 0 Å². The Morgan fingerprint density at radius 3 is 2.79 bits per heavy atom. The van der Waals surface area contributed by atoms with Crippen molar-refractivity contribution in [3.05, 3.63) is 35.4 Å². The van der Waals surface area contributed by atoms with E-state index in [1.165, 1.54) is 30.5 Å². The largest absolute Gasteiger partial charge is 0.298 e. The second-order valence-electron chi connectivity index (χ2n) is 5.59. The molecule has 0 spiro atoms. The molecule has 1 aromatic rings. The maximum atomic E-state index is 8.79. The van der Waals surface area contributed by atoms with Crippen molar-refractivity contribution in [2.45, 2.75) is 32.4 Å². The van der Waals surface area contributed by atoms with E-state index >= 15 is 0 Å². The lowest BCUT2D eigenvalue weighted by Gasteiger charge is -2.36. The first kappa shape index (κ1) is 14.0. The number of piperidine rings is 1. The fraction of sp³-hybridized carbons (Fsp3) is 0.562. The second kappa shape index (κ2) is 6.70. The molecule has 102 valence electrons. The molecule has 2 rings (SSSR count). The highest BCUT2D eigenvalue weighted by molar-refractivity contribution is 5.21. The zero-order chi connectivity index (χ0) is 13.7. The van der Waals surface area contributed by atoms with Crippen LogP contribution in [-0.4, -0.2) is 42.5 Å². The number of likely N-dealkylation sites (tertiary alicyclic amines) is 1. The van der Waals surface area contributed by atoms with Crippen LogP contribution in [0.5, 0.6) is 0 Å². The van der Waals surface area contributed by atoms with Crippen LogP contribution in [0.15, 0.2) is 24.3 Å². The van der Waals surface area contributed by atoms with Gasteiger partial charge in [0, 0.05) is 19.1 Å². The van der Waals surface area contributed by atoms with Crippen LogP contribution < -0.4 is 0 Å². The van der Waals surface area contributed by atoms with Crippen molar-refractivity contribution in [2.75, 3.05) is 26.7 Å². The Balaban J connectivity index is 1.90. The molecule has 3 heteroatoms. The Bertz CT molecular complexity index is 432. The van der Waals surface area contributed by atoms with Crippen LogP contribution in [0.2, 0.25) is 0 Å². The van der Waals surface area contributed by atoms with Crippen molar-refractivity contribution in [3.8, 4) is 6.07 Å². The minimum absolute atomic E-state index is 0.527. The third-order valence-electron chi connectivity index (χ3n) is 3.95. The second-order valence-corrected chi connectivity index (χ2v) is 5.59. The minimum Gasteiger partial charge on any atom is -0.298 e. The summed E-state index contributed by atoms with van der Waals surface area (Å²) >= 11 is 0. The molecule has 0 aromatic heterocycles. The van der Waals surface area contributed by atoms with E-state index in [1.54, 1.807) is 0 Å². The van der Waals surface area contributed by atoms with Crippen molar-refractivity contribution in [1.29, 1.82) is 5.26 Å². The molecular formula is C16H23N3. The van der Waals surface area contributed by atoms with Gasteiger partial charge in [-0.15, -0.1) is 0 Å². The van der Waals surface area contributed by atoms with Gasteiger partial charge in [-0.1, -0.05) is 29.8 Å². The Morgan fingerprint density at radius 1 is 1.37 bits per heavy atom. The van der Waals surface area contributed by atoms with Crippen molar-refractivity contribution in [2.24, 2.45) is 0 Å². The van der Waals surface area contributed by atoms with E-state index in [0.717, 1.165) is 13.1 Å². The smallest absolute Gasteiger partial charge is 0.0866 e. The molecule has 0 amide bonds. The van der Waals surface area contributed by atoms with Crippen molar-refractivity contribution >= 4 is 0 Å². The van der Waals surface area contributed by atoms with Crippen LogP contribution in [0.3, 0.4) is 0 Å². The quantitative estimate of drug-likeness (QED) is 0.776. The predicted octanol–water partition coefficient (Wildman–Crippen LogP) is 2.41. The lowest BCUT2D eigenvalue weighted by atomic mass is 10.0. The molecule has 0 aliphatic carbocycles. The number of rotatable bonds is 4. The first-order valence-corrected chi connectivity index (χ1v) is 7.04. The van der Waals surface area contributed by atoms with Gasteiger partial charge in [0.05, 0.1) is 12.6 Å². The lowest BCUT2D eigenvalue weighted by molar-refractivity contribution is 0.120. The molecule has 1 atom stereocenters. The molecule has 1 saturated heterocycles. The Hall–Kier alpha value is -1.37. The maximum Gasteiger partial charge on any atom is 0.0866 e. The first-order chi connectivity index (χ1) is 9.19. The van der Waals surface area contributed by atoms with E-state index in [-0.39, 0.29) is 0 Å². The van der Waals surface area contributed by atoms with E-state index in [4.69, 9.17) is 5.26 Å². The number of benzene rings is 1. The third kappa shape index (κ3) is 4.05. The molecule has 1 aromatic carbocycles. The zero-order valence-corrected chi connectivity index (χ0v) is 12.0. The van der Waals surface area contributed by atoms with Crippen LogP contribution >= 0.6 is 0 Å². The normalized spacial score (nSPS) is 20.4. The summed E-state index contributed by atoms with van der Waals surface area (Å²) in [6.45, 7) is 5.93. The average molecular weight is 257 g/mol. The lowest BCUT2D eigenvalue weighted by Crippen LogP contribution is -2.46. The Labute approximate surface area is 116 Å². The Morgan fingerprint density at radius 2 is 2.11 bits per heavy atom. The summed E-state index contributed by atoms with van der Waals surface area (Å²) in [5.41, 5.74) is 2.70. The van der Waals surface area contributed by atoms with Gasteiger partial charge in [0.25, 0.3) is 0 Å². The highest BCUT2D eigenvalue weighted by Crippen LogP contribution is 2.17. The fourth-order valence-corrected chi connectivity index (χ4v) is 2.73. The van der Waals surface area contributed by atoms with Crippen LogP contribution in [-0.2, 0) is 6.54 Å². The fourth-order valence-electron chi connectivity index (χ4n) is 2.73. The summed E-state index contributed by atoms with van der Waals surface area (Å²) < 4.78 is 0. The predicted molar refractivity (Wildman–Crippen MR) is 77.7 cm³/mol. The first-order valence-electron chi connectivity index (χ1n) is 7.04. The van der Waals surface area contributed by atoms with Gasteiger partial charge in [-0.25, -0.2) is 0 Å². The molecule has 19 heavy (non-hydrogen) atoms. The van der Waals surface area contributed by atoms with Crippen LogP contribution in [0.25, 0.3) is 0 Å². The number of nitrogens with zero attached hydrogens (tertiary/aromatic N) is 3. The summed E-state index contributed by atoms with van der Waals surface area (Å²) in [6.07, 6.45) is 2.44. The van der Waals surface area contributed by atoms with Crippen LogP contribution in [0.1, 0.15) is 24.0 Å². The van der Waals surface area contributed by atoms with Gasteiger partial charge >= 0.3 is 0 Å². The number of aryl methyl sites for hydroxylation is 1. The van der Waals surface area contributed by atoms with E-state index in [0.29, 0.717) is 12.6 Å². The summed E-state index contributed by atoms with van der Waals surface area (Å²) in [5.74, 6) is 0. The monoisotopic (exact) mass is 257 g/mol.